The van der Waals surface area contributed by atoms with E-state index in [0.717, 1.165) is 21.2 Å². The van der Waals surface area contributed by atoms with Crippen molar-refractivity contribution < 1.29 is 9.72 Å². The number of thiophene rings is 1. The van der Waals surface area contributed by atoms with Crippen LogP contribution in [-0.4, -0.2) is 10.8 Å². The maximum absolute atomic E-state index is 12.6. The third-order valence-electron chi connectivity index (χ3n) is 3.67. The molecule has 1 N–H and O–H groups in total. The van der Waals surface area contributed by atoms with Gasteiger partial charge in [-0.1, -0.05) is 29.8 Å². The molecule has 0 aliphatic rings. The molecule has 5 nitrogen and oxygen atoms in total. The summed E-state index contributed by atoms with van der Waals surface area (Å²) in [6.45, 7) is 3.74. The number of halogens is 1. The molecule has 7 heteroatoms. The van der Waals surface area contributed by atoms with E-state index >= 15 is 0 Å². The second-order valence-electron chi connectivity index (χ2n) is 5.46. The van der Waals surface area contributed by atoms with Gasteiger partial charge in [0, 0.05) is 22.2 Å². The third-order valence-corrected chi connectivity index (χ3v) is 5.33. The Kier molecular flexibility index (Phi) is 4.26. The Balaban J connectivity index is 1.97. The molecule has 3 rings (SSSR count). The maximum Gasteiger partial charge on any atom is 0.271 e. The molecule has 2 aromatic carbocycles. The first-order valence-electron chi connectivity index (χ1n) is 7.12. The highest BCUT2D eigenvalue weighted by molar-refractivity contribution is 7.21. The molecule has 0 saturated heterocycles. The lowest BCUT2D eigenvalue weighted by Crippen LogP contribution is -2.11. The topological polar surface area (TPSA) is 72.2 Å². The fourth-order valence-electron chi connectivity index (χ4n) is 2.36. The van der Waals surface area contributed by atoms with Gasteiger partial charge in [-0.2, -0.15) is 0 Å². The number of nitrogens with one attached hydrogen (secondary N) is 1. The van der Waals surface area contributed by atoms with Gasteiger partial charge in [0.2, 0.25) is 0 Å². The highest BCUT2D eigenvalue weighted by Gasteiger charge is 2.19. The zero-order chi connectivity index (χ0) is 17.4. The van der Waals surface area contributed by atoms with Crippen LogP contribution in [0, 0.1) is 24.0 Å². The van der Waals surface area contributed by atoms with Gasteiger partial charge in [-0.3, -0.25) is 14.9 Å². The zero-order valence-electron chi connectivity index (χ0n) is 12.9. The molecule has 1 heterocycles. The Bertz CT molecular complexity index is 981. The van der Waals surface area contributed by atoms with E-state index in [0.29, 0.717) is 15.6 Å². The number of hydrogen-bond acceptors (Lipinski definition) is 4. The van der Waals surface area contributed by atoms with Crippen molar-refractivity contribution in [1.82, 2.24) is 0 Å². The van der Waals surface area contributed by atoms with Gasteiger partial charge in [-0.25, -0.2) is 0 Å². The number of fused-ring (bicyclic) bond motifs is 1. The molecule has 1 aromatic heterocycles. The quantitative estimate of drug-likeness (QED) is 0.506. The highest BCUT2D eigenvalue weighted by atomic mass is 35.5. The molecule has 122 valence electrons. The predicted octanol–water partition coefficient (Wildman–Crippen LogP) is 5.33. The van der Waals surface area contributed by atoms with Crippen LogP contribution in [0.1, 0.15) is 20.8 Å². The molecule has 0 saturated carbocycles. The minimum atomic E-state index is -0.496. The molecular weight excluding hydrogens is 348 g/mol. The number of nitro groups is 1. The summed E-state index contributed by atoms with van der Waals surface area (Å²) in [5.41, 5.74) is 2.15. The molecule has 0 unspecified atom stereocenters. The van der Waals surface area contributed by atoms with Crippen molar-refractivity contribution in [2.75, 3.05) is 5.32 Å². The number of rotatable bonds is 3. The van der Waals surface area contributed by atoms with Crippen LogP contribution in [0.15, 0.2) is 36.4 Å². The molecule has 0 bridgehead atoms. The number of nitro benzene ring substituents is 1. The van der Waals surface area contributed by atoms with Gasteiger partial charge < -0.3 is 5.32 Å². The van der Waals surface area contributed by atoms with Crippen LogP contribution in [-0.2, 0) is 0 Å². The molecule has 0 radical (unpaired) electrons. The molecule has 1 amide bonds. The number of non-ortho nitro benzene ring substituents is 1. The molecular formula is C17H13ClN2O3S. The SMILES string of the molecule is Cc1ccc2c(Cl)c(C(=O)Nc3cc([N+](=O)[O-])ccc3C)sc2c1. The van der Waals surface area contributed by atoms with E-state index < -0.39 is 4.92 Å². The normalized spacial score (nSPS) is 10.8. The Morgan fingerprint density at radius 1 is 1.21 bits per heavy atom. The van der Waals surface area contributed by atoms with Crippen LogP contribution < -0.4 is 5.32 Å². The summed E-state index contributed by atoms with van der Waals surface area (Å²) in [5, 5.41) is 14.8. The Labute approximate surface area is 147 Å². The lowest BCUT2D eigenvalue weighted by Gasteiger charge is -2.07. The molecule has 0 aliphatic carbocycles. The van der Waals surface area contributed by atoms with E-state index in [2.05, 4.69) is 5.32 Å². The van der Waals surface area contributed by atoms with E-state index in [4.69, 9.17) is 11.6 Å². The van der Waals surface area contributed by atoms with E-state index in [1.54, 1.807) is 13.0 Å². The van der Waals surface area contributed by atoms with Crippen LogP contribution in [0.2, 0.25) is 5.02 Å². The monoisotopic (exact) mass is 360 g/mol. The van der Waals surface area contributed by atoms with Gasteiger partial charge in [-0.05, 0) is 31.0 Å². The summed E-state index contributed by atoms with van der Waals surface area (Å²) in [4.78, 5) is 23.4. The minimum absolute atomic E-state index is 0.0750. The van der Waals surface area contributed by atoms with Crippen molar-refractivity contribution in [3.05, 3.63) is 67.5 Å². The predicted molar refractivity (Wildman–Crippen MR) is 97.4 cm³/mol. The molecule has 0 spiro atoms. The standard InChI is InChI=1S/C17H13ClN2O3S/c1-9-3-6-12-14(7-9)24-16(15(12)18)17(21)19-13-8-11(20(22)23)5-4-10(13)2/h3-8H,1-2H3,(H,19,21). The lowest BCUT2D eigenvalue weighted by atomic mass is 10.1. The number of nitrogens with zero attached hydrogens (tertiary/aromatic N) is 1. The second kappa shape index (κ2) is 6.22. The fraction of sp³-hybridized carbons (Fsp3) is 0.118. The maximum atomic E-state index is 12.6. The van der Waals surface area contributed by atoms with Crippen molar-refractivity contribution in [2.45, 2.75) is 13.8 Å². The molecule has 24 heavy (non-hydrogen) atoms. The van der Waals surface area contributed by atoms with Crippen LogP contribution in [0.5, 0.6) is 0 Å². The summed E-state index contributed by atoms with van der Waals surface area (Å²) in [6.07, 6.45) is 0. The number of benzene rings is 2. The highest BCUT2D eigenvalue weighted by Crippen LogP contribution is 2.36. The van der Waals surface area contributed by atoms with Crippen LogP contribution in [0.4, 0.5) is 11.4 Å². The van der Waals surface area contributed by atoms with Crippen molar-refractivity contribution in [3.63, 3.8) is 0 Å². The van der Waals surface area contributed by atoms with E-state index in [-0.39, 0.29) is 11.6 Å². The number of carbonyl (C=O) groups excluding carboxylic acids is 1. The Hall–Kier alpha value is -2.44. The van der Waals surface area contributed by atoms with Gasteiger partial charge in [-0.15, -0.1) is 11.3 Å². The van der Waals surface area contributed by atoms with E-state index in [9.17, 15) is 14.9 Å². The summed E-state index contributed by atoms with van der Waals surface area (Å²) in [5.74, 6) is -0.373. The Morgan fingerprint density at radius 3 is 2.67 bits per heavy atom. The average Bonchev–Trinajstić information content (AvgIpc) is 2.85. The fourth-order valence-corrected chi connectivity index (χ4v) is 3.87. The molecule has 0 aliphatic heterocycles. The molecule has 0 atom stereocenters. The van der Waals surface area contributed by atoms with Crippen molar-refractivity contribution in [3.8, 4) is 0 Å². The molecule has 0 fully saturated rings. The summed E-state index contributed by atoms with van der Waals surface area (Å²) in [7, 11) is 0. The first kappa shape index (κ1) is 16.4. The van der Waals surface area contributed by atoms with Gasteiger partial charge in [0.1, 0.15) is 4.88 Å². The first-order valence-corrected chi connectivity index (χ1v) is 8.31. The summed E-state index contributed by atoms with van der Waals surface area (Å²) < 4.78 is 0.931. The molecule has 3 aromatic rings. The number of carbonyl (C=O) groups is 1. The van der Waals surface area contributed by atoms with Crippen molar-refractivity contribution in [1.29, 1.82) is 0 Å². The van der Waals surface area contributed by atoms with Crippen LogP contribution >= 0.6 is 22.9 Å². The van der Waals surface area contributed by atoms with Crippen molar-refractivity contribution in [2.24, 2.45) is 0 Å². The number of aryl methyl sites for hydroxylation is 2. The first-order chi connectivity index (χ1) is 11.4. The lowest BCUT2D eigenvalue weighted by molar-refractivity contribution is -0.384. The third kappa shape index (κ3) is 2.98. The van der Waals surface area contributed by atoms with E-state index in [1.807, 2.05) is 25.1 Å². The zero-order valence-corrected chi connectivity index (χ0v) is 14.5. The van der Waals surface area contributed by atoms with Gasteiger partial charge in [0.15, 0.2) is 0 Å². The van der Waals surface area contributed by atoms with Crippen molar-refractivity contribution >= 4 is 50.3 Å². The summed E-state index contributed by atoms with van der Waals surface area (Å²) >= 11 is 7.64. The smallest absolute Gasteiger partial charge is 0.271 e. The second-order valence-corrected chi connectivity index (χ2v) is 6.89. The van der Waals surface area contributed by atoms with Crippen LogP contribution in [0.25, 0.3) is 10.1 Å². The van der Waals surface area contributed by atoms with Gasteiger partial charge >= 0.3 is 0 Å². The number of hydrogen-bond donors (Lipinski definition) is 1. The van der Waals surface area contributed by atoms with E-state index in [1.165, 1.54) is 23.5 Å². The average molecular weight is 361 g/mol. The van der Waals surface area contributed by atoms with Gasteiger partial charge in [0.25, 0.3) is 11.6 Å². The summed E-state index contributed by atoms with van der Waals surface area (Å²) in [6, 6.07) is 10.1. The largest absolute Gasteiger partial charge is 0.321 e. The van der Waals surface area contributed by atoms with Crippen LogP contribution in [0.3, 0.4) is 0 Å². The Morgan fingerprint density at radius 2 is 1.96 bits per heavy atom. The number of anilines is 1. The van der Waals surface area contributed by atoms with Gasteiger partial charge in [0.05, 0.1) is 15.6 Å². The minimum Gasteiger partial charge on any atom is -0.321 e. The number of amides is 1.